The lowest BCUT2D eigenvalue weighted by molar-refractivity contribution is 0.340. The van der Waals surface area contributed by atoms with E-state index >= 15 is 0 Å². The normalized spacial score (nSPS) is 11.0. The van der Waals surface area contributed by atoms with Crippen molar-refractivity contribution in [2.24, 2.45) is 0 Å². The summed E-state index contributed by atoms with van der Waals surface area (Å²) in [5.41, 5.74) is 1.84. The van der Waals surface area contributed by atoms with Gasteiger partial charge in [0.2, 0.25) is 0 Å². The van der Waals surface area contributed by atoms with Crippen LogP contribution in [0.1, 0.15) is 18.1 Å². The summed E-state index contributed by atoms with van der Waals surface area (Å²) in [7, 11) is 3.10. The Bertz CT molecular complexity index is 818. The van der Waals surface area contributed by atoms with Crippen LogP contribution in [-0.2, 0) is 0 Å². The first kappa shape index (κ1) is 19.0. The van der Waals surface area contributed by atoms with Crippen LogP contribution in [0.5, 0.6) is 17.2 Å². The van der Waals surface area contributed by atoms with Gasteiger partial charge in [-0.25, -0.2) is 0 Å². The third-order valence-electron chi connectivity index (χ3n) is 3.44. The molecule has 0 fully saturated rings. The van der Waals surface area contributed by atoms with Crippen LogP contribution in [0.4, 0.5) is 0 Å². The molecule has 0 atom stereocenters. The van der Waals surface area contributed by atoms with Crippen LogP contribution in [0.2, 0.25) is 10.0 Å². The van der Waals surface area contributed by atoms with E-state index in [1.165, 1.54) is 0 Å². The van der Waals surface area contributed by atoms with Crippen molar-refractivity contribution in [1.29, 1.82) is 5.26 Å². The maximum atomic E-state index is 9.53. The van der Waals surface area contributed by atoms with Crippen molar-refractivity contribution in [3.63, 3.8) is 0 Å². The molecule has 2 aromatic rings. The second-order valence-corrected chi connectivity index (χ2v) is 5.80. The molecule has 25 heavy (non-hydrogen) atoms. The number of ether oxygens (including phenoxy) is 3. The van der Waals surface area contributed by atoms with Crippen LogP contribution in [0.15, 0.2) is 30.3 Å². The molecule has 0 saturated carbocycles. The number of halogens is 2. The molecule has 0 aliphatic rings. The Balaban J connectivity index is 2.46. The summed E-state index contributed by atoms with van der Waals surface area (Å²) in [5, 5.41) is 10.3. The van der Waals surface area contributed by atoms with Crippen molar-refractivity contribution in [1.82, 2.24) is 0 Å². The van der Waals surface area contributed by atoms with Gasteiger partial charge in [0.1, 0.15) is 0 Å². The quantitative estimate of drug-likeness (QED) is 0.494. The zero-order valence-electron chi connectivity index (χ0n) is 14.1. The third kappa shape index (κ3) is 4.39. The van der Waals surface area contributed by atoms with Crippen LogP contribution in [0.3, 0.4) is 0 Å². The minimum Gasteiger partial charge on any atom is -0.493 e. The Labute approximate surface area is 157 Å². The second-order valence-electron chi connectivity index (χ2n) is 4.99. The molecule has 0 amide bonds. The molecule has 2 rings (SSSR count). The van der Waals surface area contributed by atoms with Crippen molar-refractivity contribution < 1.29 is 14.2 Å². The first-order valence-corrected chi connectivity index (χ1v) is 8.25. The number of nitrogens with zero attached hydrogens (tertiary/aromatic N) is 1. The molecule has 130 valence electrons. The Morgan fingerprint density at radius 2 is 1.72 bits per heavy atom. The molecule has 6 heteroatoms. The minimum absolute atomic E-state index is 0.394. The SMILES string of the molecule is CCOc1c(Cl)cc(/C=C(\C#N)c2ccc(OC)c(OC)c2)cc1Cl. The molecule has 0 N–H and O–H groups in total. The highest BCUT2D eigenvalue weighted by molar-refractivity contribution is 6.37. The molecule has 2 aromatic carbocycles. The second kappa shape index (κ2) is 8.66. The first-order chi connectivity index (χ1) is 12.0. The highest BCUT2D eigenvalue weighted by Gasteiger charge is 2.11. The standard InChI is InChI=1S/C19H17Cl2NO3/c1-4-25-19-15(20)8-12(9-16(19)21)7-14(11-22)13-5-6-17(23-2)18(10-13)24-3/h5-10H,4H2,1-3H3/b14-7+. The topological polar surface area (TPSA) is 51.5 Å². The molecule has 0 aromatic heterocycles. The Hall–Kier alpha value is -2.35. The van der Waals surface area contributed by atoms with Crippen LogP contribution < -0.4 is 14.2 Å². The van der Waals surface area contributed by atoms with Gasteiger partial charge in [-0.2, -0.15) is 5.26 Å². The van der Waals surface area contributed by atoms with Crippen LogP contribution in [-0.4, -0.2) is 20.8 Å². The molecule has 0 heterocycles. The Kier molecular flexibility index (Phi) is 6.58. The van der Waals surface area contributed by atoms with Gasteiger partial charge in [0, 0.05) is 0 Å². The zero-order valence-corrected chi connectivity index (χ0v) is 15.6. The van der Waals surface area contributed by atoms with E-state index in [1.807, 2.05) is 6.92 Å². The van der Waals surface area contributed by atoms with Gasteiger partial charge in [-0.3, -0.25) is 0 Å². The van der Waals surface area contributed by atoms with Gasteiger partial charge in [-0.05, 0) is 54.5 Å². The molecular weight excluding hydrogens is 361 g/mol. The van der Waals surface area contributed by atoms with Gasteiger partial charge >= 0.3 is 0 Å². The summed E-state index contributed by atoms with van der Waals surface area (Å²) in [6.45, 7) is 2.31. The lowest BCUT2D eigenvalue weighted by Gasteiger charge is -2.10. The van der Waals surface area contributed by atoms with E-state index in [-0.39, 0.29) is 0 Å². The number of nitriles is 1. The molecule has 0 bridgehead atoms. The molecule has 4 nitrogen and oxygen atoms in total. The van der Waals surface area contributed by atoms with Gasteiger partial charge in [0.15, 0.2) is 17.2 Å². The monoisotopic (exact) mass is 377 g/mol. The number of rotatable bonds is 6. The van der Waals surface area contributed by atoms with E-state index in [9.17, 15) is 5.26 Å². The summed E-state index contributed by atoms with van der Waals surface area (Å²) >= 11 is 12.4. The van der Waals surface area contributed by atoms with Gasteiger partial charge in [-0.1, -0.05) is 23.2 Å². The average Bonchev–Trinajstić information content (AvgIpc) is 2.62. The van der Waals surface area contributed by atoms with Crippen molar-refractivity contribution >= 4 is 34.9 Å². The lowest BCUT2D eigenvalue weighted by atomic mass is 10.0. The number of benzene rings is 2. The molecule has 0 radical (unpaired) electrons. The van der Waals surface area contributed by atoms with Crippen molar-refractivity contribution in [3.8, 4) is 23.3 Å². The van der Waals surface area contributed by atoms with E-state index in [4.69, 9.17) is 37.4 Å². The van der Waals surface area contributed by atoms with Gasteiger partial charge in [-0.15, -0.1) is 0 Å². The maximum absolute atomic E-state index is 9.53. The van der Waals surface area contributed by atoms with E-state index in [0.717, 1.165) is 0 Å². The average molecular weight is 378 g/mol. The molecule has 0 unspecified atom stereocenters. The van der Waals surface area contributed by atoms with Crippen molar-refractivity contribution in [2.75, 3.05) is 20.8 Å². The fraction of sp³-hybridized carbons (Fsp3) is 0.211. The van der Waals surface area contributed by atoms with E-state index in [0.29, 0.717) is 50.6 Å². The van der Waals surface area contributed by atoms with E-state index < -0.39 is 0 Å². The summed E-state index contributed by atoms with van der Waals surface area (Å²) in [5.74, 6) is 1.58. The van der Waals surface area contributed by atoms with E-state index in [1.54, 1.807) is 50.6 Å². The van der Waals surface area contributed by atoms with Crippen LogP contribution in [0.25, 0.3) is 11.6 Å². The summed E-state index contributed by atoms with van der Waals surface area (Å²) in [4.78, 5) is 0. The largest absolute Gasteiger partial charge is 0.493 e. The lowest BCUT2D eigenvalue weighted by Crippen LogP contribution is -1.94. The fourth-order valence-electron chi connectivity index (χ4n) is 2.30. The highest BCUT2D eigenvalue weighted by Crippen LogP contribution is 2.36. The summed E-state index contributed by atoms with van der Waals surface area (Å²) in [6.07, 6.45) is 1.70. The summed E-state index contributed by atoms with van der Waals surface area (Å²) in [6, 6.07) is 10.9. The molecule has 0 spiro atoms. The zero-order chi connectivity index (χ0) is 18.4. The molecule has 0 aliphatic carbocycles. The Morgan fingerprint density at radius 3 is 2.24 bits per heavy atom. The third-order valence-corrected chi connectivity index (χ3v) is 4.00. The van der Waals surface area contributed by atoms with Crippen molar-refractivity contribution in [2.45, 2.75) is 6.92 Å². The van der Waals surface area contributed by atoms with Gasteiger partial charge < -0.3 is 14.2 Å². The smallest absolute Gasteiger partial charge is 0.161 e. The number of methoxy groups -OCH3 is 2. The van der Waals surface area contributed by atoms with Gasteiger partial charge in [0.05, 0.1) is 42.5 Å². The number of hydrogen-bond donors (Lipinski definition) is 0. The number of allylic oxidation sites excluding steroid dienone is 1. The van der Waals surface area contributed by atoms with Gasteiger partial charge in [0.25, 0.3) is 0 Å². The predicted octanol–water partition coefficient (Wildman–Crippen LogP) is 5.47. The number of hydrogen-bond acceptors (Lipinski definition) is 4. The van der Waals surface area contributed by atoms with Crippen molar-refractivity contribution in [3.05, 3.63) is 51.5 Å². The van der Waals surface area contributed by atoms with Crippen LogP contribution >= 0.6 is 23.2 Å². The first-order valence-electron chi connectivity index (χ1n) is 7.50. The minimum atomic E-state index is 0.394. The predicted molar refractivity (Wildman–Crippen MR) is 101 cm³/mol. The van der Waals surface area contributed by atoms with E-state index in [2.05, 4.69) is 6.07 Å². The highest BCUT2D eigenvalue weighted by atomic mass is 35.5. The maximum Gasteiger partial charge on any atom is 0.161 e. The Morgan fingerprint density at radius 1 is 1.08 bits per heavy atom. The summed E-state index contributed by atoms with van der Waals surface area (Å²) < 4.78 is 15.9. The molecule has 0 aliphatic heterocycles. The fourth-order valence-corrected chi connectivity index (χ4v) is 2.91. The molecule has 0 saturated heterocycles. The molecular formula is C19H17Cl2NO3. The van der Waals surface area contributed by atoms with Crippen LogP contribution in [0, 0.1) is 11.3 Å².